The Labute approximate surface area is 294 Å². The van der Waals surface area contributed by atoms with Crippen molar-refractivity contribution in [2.24, 2.45) is 0 Å². The Morgan fingerprint density at radius 2 is 0.961 bits per heavy atom. The number of ether oxygens (including phenoxy) is 2. The Balaban J connectivity index is 1.20. The van der Waals surface area contributed by atoms with Crippen LogP contribution in [0.4, 0.5) is 8.78 Å². The van der Waals surface area contributed by atoms with Crippen LogP contribution in [0, 0.1) is 11.6 Å². The fourth-order valence-electron chi connectivity index (χ4n) is 6.11. The van der Waals surface area contributed by atoms with E-state index in [4.69, 9.17) is 9.47 Å². The Hall–Kier alpha value is -6.05. The first-order valence-corrected chi connectivity index (χ1v) is 16.7. The minimum Gasteiger partial charge on any atom is -0.465 e. The smallest absolute Gasteiger partial charge is 0.199 e. The highest BCUT2D eigenvalue weighted by Crippen LogP contribution is 2.32. The second-order valence-electron chi connectivity index (χ2n) is 12.4. The van der Waals surface area contributed by atoms with E-state index in [0.717, 1.165) is 36.0 Å². The van der Waals surface area contributed by atoms with E-state index < -0.39 is 11.6 Å². The van der Waals surface area contributed by atoms with E-state index in [9.17, 15) is 23.2 Å². The number of hydrogen-bond acceptors (Lipinski definition) is 5. The molecule has 0 amide bonds. The van der Waals surface area contributed by atoms with Crippen LogP contribution in [0.2, 0.25) is 0 Å². The first-order chi connectivity index (χ1) is 24.8. The Bertz CT molecular complexity index is 2180. The van der Waals surface area contributed by atoms with Gasteiger partial charge in [0, 0.05) is 39.8 Å². The number of benzene rings is 6. The predicted molar refractivity (Wildman–Crippen MR) is 191 cm³/mol. The zero-order valence-electron chi connectivity index (χ0n) is 27.5. The highest BCUT2D eigenvalue weighted by atomic mass is 19.1. The third-order valence-corrected chi connectivity index (χ3v) is 8.94. The molecule has 0 spiro atoms. The number of ketones is 3. The van der Waals surface area contributed by atoms with Gasteiger partial charge in [-0.1, -0.05) is 60.7 Å². The van der Waals surface area contributed by atoms with Crippen molar-refractivity contribution < 1.29 is 32.6 Å². The van der Waals surface area contributed by atoms with Gasteiger partial charge in [-0.15, -0.1) is 0 Å². The van der Waals surface area contributed by atoms with Crippen molar-refractivity contribution >= 4 is 17.3 Å². The molecule has 5 nitrogen and oxygen atoms in total. The van der Waals surface area contributed by atoms with Gasteiger partial charge in [0.25, 0.3) is 0 Å². The lowest BCUT2D eigenvalue weighted by Crippen LogP contribution is -2.24. The maximum Gasteiger partial charge on any atom is 0.199 e. The molecule has 1 saturated heterocycles. The fourth-order valence-corrected chi connectivity index (χ4v) is 6.11. The van der Waals surface area contributed by atoms with Crippen molar-refractivity contribution in [3.05, 3.63) is 185 Å². The normalized spacial score (nSPS) is 14.1. The van der Waals surface area contributed by atoms with Gasteiger partial charge in [-0.05, 0) is 114 Å². The van der Waals surface area contributed by atoms with Crippen molar-refractivity contribution in [1.82, 2.24) is 0 Å². The average molecular weight is 679 g/mol. The Kier molecular flexibility index (Phi) is 9.72. The summed E-state index contributed by atoms with van der Waals surface area (Å²) in [6.45, 7) is 0.662. The van der Waals surface area contributed by atoms with Gasteiger partial charge >= 0.3 is 0 Å². The van der Waals surface area contributed by atoms with Gasteiger partial charge in [0.2, 0.25) is 0 Å². The summed E-state index contributed by atoms with van der Waals surface area (Å²) < 4.78 is 38.5. The van der Waals surface area contributed by atoms with Crippen LogP contribution in [-0.4, -0.2) is 30.2 Å². The molecule has 1 atom stereocenters. The maximum absolute atomic E-state index is 14.2. The molecule has 0 saturated carbocycles. The van der Waals surface area contributed by atoms with Gasteiger partial charge in [0.05, 0.1) is 6.61 Å². The summed E-state index contributed by atoms with van der Waals surface area (Å²) >= 11 is 0. The van der Waals surface area contributed by atoms with Crippen LogP contribution in [0.3, 0.4) is 0 Å². The van der Waals surface area contributed by atoms with Gasteiger partial charge in [0.1, 0.15) is 17.4 Å². The highest BCUT2D eigenvalue weighted by molar-refractivity contribution is 6.14. The molecule has 252 valence electrons. The van der Waals surface area contributed by atoms with E-state index >= 15 is 0 Å². The molecule has 1 fully saturated rings. The van der Waals surface area contributed by atoms with E-state index in [1.165, 1.54) is 48.5 Å². The molecule has 0 radical (unpaired) electrons. The molecule has 1 aliphatic heterocycles. The highest BCUT2D eigenvalue weighted by Gasteiger charge is 2.20. The van der Waals surface area contributed by atoms with Crippen LogP contribution < -0.4 is 4.74 Å². The predicted octanol–water partition coefficient (Wildman–Crippen LogP) is 9.90. The Morgan fingerprint density at radius 1 is 0.510 bits per heavy atom. The molecule has 1 heterocycles. The largest absolute Gasteiger partial charge is 0.465 e. The summed E-state index contributed by atoms with van der Waals surface area (Å²) in [5.74, 6) is -0.890. The van der Waals surface area contributed by atoms with Crippen molar-refractivity contribution in [2.45, 2.75) is 25.6 Å². The van der Waals surface area contributed by atoms with Crippen LogP contribution in [0.5, 0.6) is 5.75 Å². The second-order valence-corrected chi connectivity index (χ2v) is 12.4. The van der Waals surface area contributed by atoms with Crippen LogP contribution in [0.25, 0.3) is 22.3 Å². The van der Waals surface area contributed by atoms with Crippen LogP contribution in [-0.2, 0) is 4.74 Å². The number of carbonyl (C=O) groups excluding carboxylic acids is 3. The lowest BCUT2D eigenvalue weighted by molar-refractivity contribution is -0.105. The molecule has 0 aliphatic carbocycles. The third-order valence-electron chi connectivity index (χ3n) is 8.94. The molecular formula is C44H32F2O5. The number of rotatable bonds is 10. The molecule has 1 aliphatic rings. The SMILES string of the molecule is O=C(c1ccc(F)cc1)c1ccc(-c2ccc(-c3ccc(C(=O)c4ccc(F)cc4)cc3)c(C(=O)c3ccc(OC4CCCCO4)cc3)c2)cc1. The fraction of sp³-hybridized carbons (Fsp3) is 0.114. The van der Waals surface area contributed by atoms with Crippen LogP contribution in [0.15, 0.2) is 140 Å². The van der Waals surface area contributed by atoms with Crippen molar-refractivity contribution in [3.63, 3.8) is 0 Å². The number of hydrogen-bond donors (Lipinski definition) is 0. The molecule has 6 aromatic carbocycles. The summed E-state index contributed by atoms with van der Waals surface area (Å²) in [6, 6.07) is 37.4. The van der Waals surface area contributed by atoms with Crippen molar-refractivity contribution in [1.29, 1.82) is 0 Å². The zero-order chi connectivity index (χ0) is 35.3. The molecule has 0 aromatic heterocycles. The van der Waals surface area contributed by atoms with Gasteiger partial charge in [-0.3, -0.25) is 14.4 Å². The number of halogens is 2. The minimum absolute atomic E-state index is 0.207. The minimum atomic E-state index is -0.419. The topological polar surface area (TPSA) is 69.7 Å². The lowest BCUT2D eigenvalue weighted by Gasteiger charge is -2.23. The summed E-state index contributed by atoms with van der Waals surface area (Å²) in [5, 5.41) is 0. The van der Waals surface area contributed by atoms with Gasteiger partial charge in [-0.25, -0.2) is 8.78 Å². The van der Waals surface area contributed by atoms with Gasteiger partial charge in [-0.2, -0.15) is 0 Å². The summed E-state index contributed by atoms with van der Waals surface area (Å²) in [5.41, 5.74) is 5.51. The van der Waals surface area contributed by atoms with E-state index in [2.05, 4.69) is 0 Å². The quantitative estimate of drug-likeness (QED) is 0.135. The molecule has 6 aromatic rings. The van der Waals surface area contributed by atoms with Gasteiger partial charge < -0.3 is 9.47 Å². The van der Waals surface area contributed by atoms with E-state index in [-0.39, 0.29) is 23.6 Å². The zero-order valence-corrected chi connectivity index (χ0v) is 27.5. The molecule has 51 heavy (non-hydrogen) atoms. The van der Waals surface area contributed by atoms with Gasteiger partial charge in [0.15, 0.2) is 23.6 Å². The molecule has 7 rings (SSSR count). The Morgan fingerprint density at radius 3 is 1.47 bits per heavy atom. The molecule has 0 bridgehead atoms. The first-order valence-electron chi connectivity index (χ1n) is 16.7. The maximum atomic E-state index is 14.2. The summed E-state index contributed by atoms with van der Waals surface area (Å²) in [6.07, 6.45) is 2.56. The van der Waals surface area contributed by atoms with E-state index in [1.54, 1.807) is 60.7 Å². The van der Waals surface area contributed by atoms with Crippen LogP contribution >= 0.6 is 0 Å². The first kappa shape index (κ1) is 33.4. The molecule has 7 heteroatoms. The average Bonchev–Trinajstić information content (AvgIpc) is 3.18. The third kappa shape index (κ3) is 7.59. The molecule has 1 unspecified atom stereocenters. The van der Waals surface area contributed by atoms with E-state index in [0.29, 0.717) is 51.3 Å². The van der Waals surface area contributed by atoms with Crippen molar-refractivity contribution in [3.8, 4) is 28.0 Å². The number of carbonyl (C=O) groups is 3. The molecule has 0 N–H and O–H groups in total. The lowest BCUT2D eigenvalue weighted by atomic mass is 9.89. The van der Waals surface area contributed by atoms with Crippen molar-refractivity contribution in [2.75, 3.05) is 6.61 Å². The summed E-state index contributed by atoms with van der Waals surface area (Å²) in [4.78, 5) is 40.2. The monoisotopic (exact) mass is 678 g/mol. The summed E-state index contributed by atoms with van der Waals surface area (Å²) in [7, 11) is 0. The standard InChI is InChI=1S/C44H32F2O5/c45-36-19-12-32(13-20-36)42(47)30-8-4-28(5-9-30)35-18-25-39(29-6-10-31(11-7-29)43(48)33-14-21-37(46)22-15-33)40(27-35)44(49)34-16-23-38(24-17-34)51-41-3-1-2-26-50-41/h4-25,27,41H,1-3,26H2. The molecular weight excluding hydrogens is 646 g/mol. The van der Waals surface area contributed by atoms with Crippen LogP contribution in [0.1, 0.15) is 67.0 Å². The second kappa shape index (κ2) is 14.8. The van der Waals surface area contributed by atoms with E-state index in [1.807, 2.05) is 30.3 Å².